The highest BCUT2D eigenvalue weighted by molar-refractivity contribution is 7.25. The van der Waals surface area contributed by atoms with Crippen molar-refractivity contribution in [2.24, 2.45) is 23.7 Å². The molecule has 4 saturated carbocycles. The molecule has 0 unspecified atom stereocenters. The van der Waals surface area contributed by atoms with Crippen molar-refractivity contribution in [3.63, 3.8) is 0 Å². The third kappa shape index (κ3) is 4.09. The average molecular weight is 725 g/mol. The molecule has 2 nitrogen and oxygen atoms in total. The van der Waals surface area contributed by atoms with Crippen LogP contribution in [0.15, 0.2) is 158 Å². The molecule has 5 aliphatic carbocycles. The van der Waals surface area contributed by atoms with Crippen LogP contribution in [-0.4, -0.2) is 4.57 Å². The fourth-order valence-corrected chi connectivity index (χ4v) is 13.7. The molecule has 55 heavy (non-hydrogen) atoms. The number of hydrogen-bond acceptors (Lipinski definition) is 2. The summed E-state index contributed by atoms with van der Waals surface area (Å²) < 4.78 is 5.13. The molecule has 0 amide bonds. The largest absolute Gasteiger partial charge is 0.310 e. The van der Waals surface area contributed by atoms with E-state index in [0.29, 0.717) is 0 Å². The molecule has 9 aromatic rings. The van der Waals surface area contributed by atoms with Gasteiger partial charge in [-0.25, -0.2) is 0 Å². The minimum Gasteiger partial charge on any atom is -0.310 e. The van der Waals surface area contributed by atoms with Gasteiger partial charge in [-0.3, -0.25) is 0 Å². The maximum Gasteiger partial charge on any atom is 0.0561 e. The Morgan fingerprint density at radius 1 is 0.491 bits per heavy atom. The van der Waals surface area contributed by atoms with Crippen LogP contribution in [0.1, 0.15) is 43.2 Å². The number of para-hydroxylation sites is 2. The summed E-state index contributed by atoms with van der Waals surface area (Å²) in [5.74, 6) is 3.28. The van der Waals surface area contributed by atoms with E-state index in [0.717, 1.165) is 23.7 Å². The second-order valence-corrected chi connectivity index (χ2v) is 18.0. The zero-order valence-corrected chi connectivity index (χ0v) is 31.5. The first-order valence-electron chi connectivity index (χ1n) is 20.3. The number of hydrogen-bond donors (Lipinski definition) is 0. The third-order valence-corrected chi connectivity index (χ3v) is 15.5. The van der Waals surface area contributed by atoms with Crippen LogP contribution in [0.5, 0.6) is 0 Å². The van der Waals surface area contributed by atoms with Gasteiger partial charge in [0.25, 0.3) is 0 Å². The first-order valence-corrected chi connectivity index (χ1v) is 21.1. The topological polar surface area (TPSA) is 8.17 Å². The highest BCUT2D eigenvalue weighted by Gasteiger charge is 2.61. The maximum absolute atomic E-state index is 2.60. The summed E-state index contributed by atoms with van der Waals surface area (Å²) in [6, 6.07) is 59.9. The van der Waals surface area contributed by atoms with Crippen molar-refractivity contribution >= 4 is 70.4 Å². The third-order valence-electron chi connectivity index (χ3n) is 14.3. The number of nitrogens with zero attached hydrogens (tertiary/aromatic N) is 2. The fraction of sp³-hybridized carbons (Fsp3) is 0.192. The molecule has 3 heteroatoms. The van der Waals surface area contributed by atoms with Gasteiger partial charge >= 0.3 is 0 Å². The van der Waals surface area contributed by atoms with Gasteiger partial charge < -0.3 is 9.47 Å². The average Bonchev–Trinajstić information content (AvgIpc) is 3.87. The Kier molecular flexibility index (Phi) is 6.25. The van der Waals surface area contributed by atoms with Crippen LogP contribution in [0.4, 0.5) is 17.1 Å². The zero-order valence-electron chi connectivity index (χ0n) is 30.7. The zero-order chi connectivity index (χ0) is 35.8. The van der Waals surface area contributed by atoms with Crippen molar-refractivity contribution < 1.29 is 0 Å². The fourth-order valence-electron chi connectivity index (χ4n) is 12.6. The minimum absolute atomic E-state index is 0.109. The number of thiophene rings is 1. The summed E-state index contributed by atoms with van der Waals surface area (Å²) >= 11 is 1.89. The molecule has 4 fully saturated rings. The van der Waals surface area contributed by atoms with E-state index in [1.807, 2.05) is 11.3 Å². The standard InChI is InChI=1S/C52H40N2S/c1-2-11-36(12-3-1)54-46-18-8-5-13-39(46)40-23-21-38(31-48(40)54)53(37-22-24-50-43(30-37)41-14-6-9-20-49(41)55-50)47-19-10-17-45-51(47)42-15-4-7-16-44(42)52(45)34-26-32-25-33(28-34)29-35(52)27-32/h1-24,30-35H,25-29H2. The Labute approximate surface area is 325 Å². The van der Waals surface area contributed by atoms with Gasteiger partial charge in [-0.05, 0) is 133 Å². The van der Waals surface area contributed by atoms with Crippen molar-refractivity contribution in [2.75, 3.05) is 4.90 Å². The molecule has 4 bridgehead atoms. The molecule has 2 aromatic heterocycles. The molecule has 2 heterocycles. The lowest BCUT2D eigenvalue weighted by molar-refractivity contribution is -0.0399. The van der Waals surface area contributed by atoms with E-state index in [4.69, 9.17) is 0 Å². The Morgan fingerprint density at radius 2 is 1.15 bits per heavy atom. The van der Waals surface area contributed by atoms with E-state index in [1.165, 1.54) is 108 Å². The van der Waals surface area contributed by atoms with E-state index in [1.54, 1.807) is 11.1 Å². The van der Waals surface area contributed by atoms with Crippen LogP contribution < -0.4 is 4.90 Å². The second kappa shape index (κ2) is 11.2. The maximum atomic E-state index is 2.60. The molecular formula is C52H40N2S. The van der Waals surface area contributed by atoms with Crippen LogP contribution in [0.3, 0.4) is 0 Å². The van der Waals surface area contributed by atoms with Crippen LogP contribution in [0.2, 0.25) is 0 Å². The van der Waals surface area contributed by atoms with Crippen LogP contribution in [-0.2, 0) is 5.41 Å². The van der Waals surface area contributed by atoms with E-state index in [9.17, 15) is 0 Å². The SMILES string of the molecule is c1ccc(-n2c3ccccc3c3ccc(N(c4ccc5sc6ccccc6c5c4)c4cccc5c4-c4ccccc4C54C5CC6CC(C5)CC4C6)cc32)cc1. The molecule has 0 N–H and O–H groups in total. The normalized spacial score (nSPS) is 23.3. The molecular weight excluding hydrogens is 685 g/mol. The first-order chi connectivity index (χ1) is 27.2. The van der Waals surface area contributed by atoms with Crippen molar-refractivity contribution in [1.82, 2.24) is 4.57 Å². The highest BCUT2D eigenvalue weighted by Crippen LogP contribution is 2.70. The van der Waals surface area contributed by atoms with Gasteiger partial charge in [0.2, 0.25) is 0 Å². The van der Waals surface area contributed by atoms with Gasteiger partial charge in [0.1, 0.15) is 0 Å². The number of benzene rings is 7. The van der Waals surface area contributed by atoms with E-state index in [2.05, 4.69) is 167 Å². The predicted octanol–water partition coefficient (Wildman–Crippen LogP) is 14.3. The van der Waals surface area contributed by atoms with Crippen molar-refractivity contribution in [1.29, 1.82) is 0 Å². The predicted molar refractivity (Wildman–Crippen MR) is 232 cm³/mol. The lowest BCUT2D eigenvalue weighted by Gasteiger charge is -2.61. The smallest absolute Gasteiger partial charge is 0.0561 e. The van der Waals surface area contributed by atoms with Gasteiger partial charge in [0.05, 0.1) is 16.7 Å². The van der Waals surface area contributed by atoms with Crippen LogP contribution in [0, 0.1) is 23.7 Å². The van der Waals surface area contributed by atoms with E-state index < -0.39 is 0 Å². The summed E-state index contributed by atoms with van der Waals surface area (Å²) in [6.45, 7) is 0. The van der Waals surface area contributed by atoms with Gasteiger partial charge in [-0.15, -0.1) is 11.3 Å². The number of fused-ring (bicyclic) bond motifs is 9. The molecule has 5 aliphatic rings. The molecule has 0 aliphatic heterocycles. The Hall–Kier alpha value is -5.64. The highest BCUT2D eigenvalue weighted by atomic mass is 32.1. The van der Waals surface area contributed by atoms with Crippen LogP contribution in [0.25, 0.3) is 58.8 Å². The van der Waals surface area contributed by atoms with E-state index >= 15 is 0 Å². The number of anilines is 3. The number of aromatic nitrogens is 1. The van der Waals surface area contributed by atoms with Crippen molar-refractivity contribution in [3.8, 4) is 16.8 Å². The van der Waals surface area contributed by atoms with E-state index in [-0.39, 0.29) is 5.41 Å². The lowest BCUT2D eigenvalue weighted by atomic mass is 9.43. The summed E-state index contributed by atoms with van der Waals surface area (Å²) in [4.78, 5) is 2.60. The summed E-state index contributed by atoms with van der Waals surface area (Å²) in [5.41, 5.74) is 13.5. The summed E-state index contributed by atoms with van der Waals surface area (Å²) in [6.07, 6.45) is 7.01. The minimum atomic E-state index is 0.109. The molecule has 0 atom stereocenters. The number of rotatable bonds is 4. The van der Waals surface area contributed by atoms with Gasteiger partial charge in [-0.1, -0.05) is 97.1 Å². The molecule has 0 saturated heterocycles. The molecule has 264 valence electrons. The van der Waals surface area contributed by atoms with Crippen LogP contribution >= 0.6 is 11.3 Å². The van der Waals surface area contributed by atoms with Gasteiger partial charge in [0.15, 0.2) is 0 Å². The Bertz CT molecular complexity index is 2990. The summed E-state index contributed by atoms with van der Waals surface area (Å²) in [5, 5.41) is 5.22. The van der Waals surface area contributed by atoms with Gasteiger partial charge in [-0.2, -0.15) is 0 Å². The second-order valence-electron chi connectivity index (χ2n) is 16.9. The molecule has 7 aromatic carbocycles. The van der Waals surface area contributed by atoms with Crippen molar-refractivity contribution in [2.45, 2.75) is 37.5 Å². The molecule has 14 rings (SSSR count). The Balaban J connectivity index is 1.10. The monoisotopic (exact) mass is 724 g/mol. The lowest BCUT2D eigenvalue weighted by Crippen LogP contribution is -2.55. The summed E-state index contributed by atoms with van der Waals surface area (Å²) in [7, 11) is 0. The Morgan fingerprint density at radius 3 is 2.00 bits per heavy atom. The molecule has 1 spiro atoms. The van der Waals surface area contributed by atoms with Crippen molar-refractivity contribution in [3.05, 3.63) is 169 Å². The first kappa shape index (κ1) is 30.7. The molecule has 0 radical (unpaired) electrons. The quantitative estimate of drug-likeness (QED) is 0.175. The van der Waals surface area contributed by atoms with Gasteiger partial charge in [0, 0.05) is 59.0 Å².